The van der Waals surface area contributed by atoms with E-state index in [0.717, 1.165) is 6.54 Å². The van der Waals surface area contributed by atoms with Crippen LogP contribution in [0.15, 0.2) is 16.9 Å². The lowest BCUT2D eigenvalue weighted by molar-refractivity contribution is 0.388. The van der Waals surface area contributed by atoms with Gasteiger partial charge >= 0.3 is 0 Å². The average molecular weight is 179 g/mol. The van der Waals surface area contributed by atoms with E-state index < -0.39 is 0 Å². The molecular weight excluding hydrogens is 162 g/mol. The molecule has 0 atom stereocenters. The zero-order valence-corrected chi connectivity index (χ0v) is 8.78. The lowest BCUT2D eigenvalue weighted by Crippen LogP contribution is -2.17. The van der Waals surface area contributed by atoms with E-state index in [4.69, 9.17) is 5.26 Å². The van der Waals surface area contributed by atoms with Crippen LogP contribution in [0.3, 0.4) is 0 Å². The third-order valence-electron chi connectivity index (χ3n) is 1.38. The van der Waals surface area contributed by atoms with Crippen molar-refractivity contribution in [2.45, 2.75) is 20.8 Å². The van der Waals surface area contributed by atoms with Crippen molar-refractivity contribution in [1.29, 1.82) is 5.26 Å². The zero-order valence-electron chi connectivity index (χ0n) is 8.78. The van der Waals surface area contributed by atoms with Crippen LogP contribution < -0.4 is 0 Å². The van der Waals surface area contributed by atoms with E-state index in [1.54, 1.807) is 19.3 Å². The van der Waals surface area contributed by atoms with Crippen molar-refractivity contribution in [2.24, 2.45) is 10.9 Å². The Hall–Kier alpha value is -1.30. The van der Waals surface area contributed by atoms with E-state index in [-0.39, 0.29) is 0 Å². The van der Waals surface area contributed by atoms with Crippen LogP contribution in [-0.4, -0.2) is 24.7 Å². The van der Waals surface area contributed by atoms with Crippen LogP contribution in [0.25, 0.3) is 0 Å². The van der Waals surface area contributed by atoms with Crippen molar-refractivity contribution in [3.8, 4) is 6.07 Å². The first-order valence-corrected chi connectivity index (χ1v) is 4.41. The molecular formula is C10H17N3. The predicted octanol–water partition coefficient (Wildman–Crippen LogP) is 2.03. The standard InChI is InChI=1S/C10H17N3/c1-5-12-10(6-11)8-13(4)7-9(2)3/h5,8-9H,7H2,1-4H3/b10-8-,12-5-. The normalized spacial score (nSPS) is 12.2. The highest BCUT2D eigenvalue weighted by Crippen LogP contribution is 2.00. The molecule has 0 bridgehead atoms. The smallest absolute Gasteiger partial charge is 0.155 e. The second-order valence-corrected chi connectivity index (χ2v) is 3.35. The van der Waals surface area contributed by atoms with Crippen LogP contribution in [0.1, 0.15) is 20.8 Å². The summed E-state index contributed by atoms with van der Waals surface area (Å²) in [6.07, 6.45) is 3.39. The third-order valence-corrected chi connectivity index (χ3v) is 1.38. The predicted molar refractivity (Wildman–Crippen MR) is 55.3 cm³/mol. The number of nitriles is 1. The molecule has 3 nitrogen and oxygen atoms in total. The van der Waals surface area contributed by atoms with E-state index in [9.17, 15) is 0 Å². The molecule has 0 fully saturated rings. The lowest BCUT2D eigenvalue weighted by Gasteiger charge is -2.16. The van der Waals surface area contributed by atoms with E-state index in [1.165, 1.54) is 0 Å². The van der Waals surface area contributed by atoms with E-state index in [2.05, 4.69) is 18.8 Å². The Kier molecular flexibility index (Phi) is 5.62. The second kappa shape index (κ2) is 6.24. The number of hydrogen-bond acceptors (Lipinski definition) is 3. The molecule has 0 aromatic carbocycles. The molecule has 13 heavy (non-hydrogen) atoms. The monoisotopic (exact) mass is 179 g/mol. The molecule has 0 aliphatic carbocycles. The van der Waals surface area contributed by atoms with E-state index in [0.29, 0.717) is 11.6 Å². The molecule has 0 aliphatic heterocycles. The largest absolute Gasteiger partial charge is 0.378 e. The van der Waals surface area contributed by atoms with E-state index >= 15 is 0 Å². The molecule has 0 aliphatic rings. The molecule has 72 valence electrons. The zero-order chi connectivity index (χ0) is 10.3. The van der Waals surface area contributed by atoms with Crippen molar-refractivity contribution < 1.29 is 0 Å². The first kappa shape index (κ1) is 11.7. The van der Waals surface area contributed by atoms with Gasteiger partial charge in [0.15, 0.2) is 5.70 Å². The van der Waals surface area contributed by atoms with Crippen molar-refractivity contribution >= 4 is 6.21 Å². The van der Waals surface area contributed by atoms with Gasteiger partial charge in [0, 0.05) is 26.0 Å². The lowest BCUT2D eigenvalue weighted by atomic mass is 10.2. The molecule has 0 N–H and O–H groups in total. The molecule has 0 saturated carbocycles. The Bertz CT molecular complexity index is 233. The summed E-state index contributed by atoms with van der Waals surface area (Å²) in [5.74, 6) is 0.590. The Labute approximate surface area is 80.4 Å². The number of aliphatic imine (C=N–C) groups is 1. The van der Waals surface area contributed by atoms with Crippen LogP contribution >= 0.6 is 0 Å². The van der Waals surface area contributed by atoms with Crippen molar-refractivity contribution in [2.75, 3.05) is 13.6 Å². The van der Waals surface area contributed by atoms with Gasteiger partial charge in [0.25, 0.3) is 0 Å². The van der Waals surface area contributed by atoms with Gasteiger partial charge in [0.1, 0.15) is 6.07 Å². The SMILES string of the molecule is C/C=N\C(C#N)=C/N(C)CC(C)C. The first-order valence-electron chi connectivity index (χ1n) is 4.41. The van der Waals surface area contributed by atoms with Gasteiger partial charge in [0.2, 0.25) is 0 Å². The Morgan fingerprint density at radius 1 is 1.62 bits per heavy atom. The highest BCUT2D eigenvalue weighted by Gasteiger charge is 1.98. The Morgan fingerprint density at radius 3 is 2.62 bits per heavy atom. The number of hydrogen-bond donors (Lipinski definition) is 0. The minimum absolute atomic E-state index is 0.450. The van der Waals surface area contributed by atoms with Crippen LogP contribution in [0.4, 0.5) is 0 Å². The molecule has 0 heterocycles. The summed E-state index contributed by atoms with van der Waals surface area (Å²) in [5, 5.41) is 8.68. The molecule has 0 amide bonds. The fourth-order valence-corrected chi connectivity index (χ4v) is 1.07. The quantitative estimate of drug-likeness (QED) is 0.489. The van der Waals surface area contributed by atoms with Crippen molar-refractivity contribution in [3.63, 3.8) is 0 Å². The second-order valence-electron chi connectivity index (χ2n) is 3.35. The number of nitrogens with zero attached hydrogens (tertiary/aromatic N) is 3. The summed E-state index contributed by atoms with van der Waals surface area (Å²) < 4.78 is 0. The maximum Gasteiger partial charge on any atom is 0.155 e. The highest BCUT2D eigenvalue weighted by molar-refractivity contribution is 5.56. The summed E-state index contributed by atoms with van der Waals surface area (Å²) in [5.41, 5.74) is 0.450. The van der Waals surface area contributed by atoms with Gasteiger partial charge in [0.05, 0.1) is 0 Å². The minimum atomic E-state index is 0.450. The fourth-order valence-electron chi connectivity index (χ4n) is 1.07. The molecule has 0 saturated heterocycles. The van der Waals surface area contributed by atoms with Gasteiger partial charge in [-0.05, 0) is 12.8 Å². The average Bonchev–Trinajstić information content (AvgIpc) is 2.02. The van der Waals surface area contributed by atoms with Crippen LogP contribution in [0.5, 0.6) is 0 Å². The summed E-state index contributed by atoms with van der Waals surface area (Å²) in [6.45, 7) is 7.01. The van der Waals surface area contributed by atoms with Gasteiger partial charge in [-0.25, -0.2) is 4.99 Å². The fraction of sp³-hybridized carbons (Fsp3) is 0.600. The van der Waals surface area contributed by atoms with Crippen LogP contribution in [0.2, 0.25) is 0 Å². The Morgan fingerprint density at radius 2 is 2.23 bits per heavy atom. The third kappa shape index (κ3) is 5.92. The maximum absolute atomic E-state index is 8.68. The van der Waals surface area contributed by atoms with Crippen molar-refractivity contribution in [1.82, 2.24) is 4.90 Å². The van der Waals surface area contributed by atoms with Crippen molar-refractivity contribution in [3.05, 3.63) is 11.9 Å². The number of allylic oxidation sites excluding steroid dienone is 1. The summed E-state index contributed by atoms with van der Waals surface area (Å²) in [7, 11) is 1.95. The van der Waals surface area contributed by atoms with Gasteiger partial charge in [-0.3, -0.25) is 0 Å². The minimum Gasteiger partial charge on any atom is -0.378 e. The molecule has 0 radical (unpaired) electrons. The Balaban J connectivity index is 4.26. The first-order chi connectivity index (χ1) is 6.10. The van der Waals surface area contributed by atoms with Crippen LogP contribution in [-0.2, 0) is 0 Å². The summed E-state index contributed by atoms with van der Waals surface area (Å²) in [4.78, 5) is 5.91. The molecule has 0 unspecified atom stereocenters. The molecule has 0 aromatic heterocycles. The van der Waals surface area contributed by atoms with Gasteiger partial charge < -0.3 is 4.90 Å². The maximum atomic E-state index is 8.68. The van der Waals surface area contributed by atoms with Gasteiger partial charge in [-0.1, -0.05) is 13.8 Å². The highest BCUT2D eigenvalue weighted by atomic mass is 15.1. The van der Waals surface area contributed by atoms with Gasteiger partial charge in [-0.2, -0.15) is 5.26 Å². The van der Waals surface area contributed by atoms with E-state index in [1.807, 2.05) is 18.0 Å². The molecule has 0 spiro atoms. The number of rotatable bonds is 4. The van der Waals surface area contributed by atoms with Crippen LogP contribution in [0, 0.1) is 17.2 Å². The summed E-state index contributed by atoms with van der Waals surface area (Å²) in [6, 6.07) is 2.03. The molecule has 0 rings (SSSR count). The summed E-state index contributed by atoms with van der Waals surface area (Å²) >= 11 is 0. The molecule has 3 heteroatoms. The molecule has 0 aromatic rings. The van der Waals surface area contributed by atoms with Gasteiger partial charge in [-0.15, -0.1) is 0 Å². The topological polar surface area (TPSA) is 39.4 Å².